The van der Waals surface area contributed by atoms with Crippen molar-refractivity contribution in [1.29, 1.82) is 0 Å². The van der Waals surface area contributed by atoms with Crippen LogP contribution in [0, 0.1) is 5.41 Å². The number of ether oxygens (including phenoxy) is 2. The van der Waals surface area contributed by atoms with Crippen LogP contribution in [0.3, 0.4) is 0 Å². The molecule has 0 saturated carbocycles. The molecule has 1 aromatic rings. The second kappa shape index (κ2) is 7.30. The molecule has 1 N–H and O–H groups in total. The van der Waals surface area contributed by atoms with Gasteiger partial charge in [-0.15, -0.1) is 11.6 Å². The molecule has 0 radical (unpaired) electrons. The first-order chi connectivity index (χ1) is 11.3. The second-order valence-electron chi connectivity index (χ2n) is 6.44. The van der Waals surface area contributed by atoms with Gasteiger partial charge in [-0.3, -0.25) is 9.59 Å². The summed E-state index contributed by atoms with van der Waals surface area (Å²) in [4.78, 5) is 26.2. The Kier molecular flexibility index (Phi) is 5.59. The van der Waals surface area contributed by atoms with Crippen LogP contribution in [0.2, 0.25) is 0 Å². The van der Waals surface area contributed by atoms with E-state index in [4.69, 9.17) is 21.1 Å². The maximum absolute atomic E-state index is 12.3. The third-order valence-corrected chi connectivity index (χ3v) is 4.76. The molecule has 1 saturated heterocycles. The molecule has 0 aromatic heterocycles. The van der Waals surface area contributed by atoms with Gasteiger partial charge >= 0.3 is 0 Å². The fourth-order valence-corrected chi connectivity index (χ4v) is 2.61. The first kappa shape index (κ1) is 18.4. The molecule has 0 aliphatic carbocycles. The number of anilines is 1. The zero-order chi connectivity index (χ0) is 17.9. The number of nitrogens with one attached hydrogen (secondary N) is 1. The normalized spacial score (nSPS) is 17.8. The van der Waals surface area contributed by atoms with E-state index in [9.17, 15) is 9.59 Å². The maximum atomic E-state index is 12.3. The summed E-state index contributed by atoms with van der Waals surface area (Å²) in [6.45, 7) is 3.97. The van der Waals surface area contributed by atoms with Crippen LogP contribution in [-0.2, 0) is 9.59 Å². The van der Waals surface area contributed by atoms with Gasteiger partial charge in [0.1, 0.15) is 0 Å². The van der Waals surface area contributed by atoms with E-state index in [0.29, 0.717) is 23.7 Å². The molecule has 6 nitrogen and oxygen atoms in total. The van der Waals surface area contributed by atoms with Crippen molar-refractivity contribution in [3.05, 3.63) is 18.2 Å². The average Bonchev–Trinajstić information content (AvgIpc) is 2.94. The van der Waals surface area contributed by atoms with E-state index in [1.54, 1.807) is 51.2 Å². The standard InChI is InChI=1S/C17H23ClN2O4/c1-17(2,10-18)16(22)19-11-7-15(21)20(9-11)12-5-6-13(23-3)14(8-12)24-4/h5-6,8,11H,7,9-10H2,1-4H3,(H,19,22). The lowest BCUT2D eigenvalue weighted by Gasteiger charge is -2.23. The van der Waals surface area contributed by atoms with E-state index < -0.39 is 5.41 Å². The Balaban J connectivity index is 2.11. The number of rotatable bonds is 6. The van der Waals surface area contributed by atoms with Crippen LogP contribution in [0.5, 0.6) is 11.5 Å². The van der Waals surface area contributed by atoms with Gasteiger partial charge in [-0.2, -0.15) is 0 Å². The Morgan fingerprint density at radius 3 is 2.58 bits per heavy atom. The Labute approximate surface area is 147 Å². The van der Waals surface area contributed by atoms with Gasteiger partial charge in [-0.05, 0) is 26.0 Å². The highest BCUT2D eigenvalue weighted by Crippen LogP contribution is 2.33. The van der Waals surface area contributed by atoms with Gasteiger partial charge in [0, 0.05) is 30.6 Å². The molecule has 2 rings (SSSR count). The summed E-state index contributed by atoms with van der Waals surface area (Å²) in [5, 5.41) is 2.91. The molecule has 1 heterocycles. The molecule has 1 aliphatic heterocycles. The largest absolute Gasteiger partial charge is 0.493 e. The summed E-state index contributed by atoms with van der Waals surface area (Å²) >= 11 is 5.82. The minimum absolute atomic E-state index is 0.0452. The summed E-state index contributed by atoms with van der Waals surface area (Å²) < 4.78 is 10.5. The quantitative estimate of drug-likeness (QED) is 0.795. The predicted molar refractivity (Wildman–Crippen MR) is 92.9 cm³/mol. The van der Waals surface area contributed by atoms with Crippen molar-refractivity contribution in [3.8, 4) is 11.5 Å². The monoisotopic (exact) mass is 354 g/mol. The van der Waals surface area contributed by atoms with Gasteiger partial charge in [0.25, 0.3) is 0 Å². The van der Waals surface area contributed by atoms with Crippen LogP contribution in [0.25, 0.3) is 0 Å². The van der Waals surface area contributed by atoms with Crippen LogP contribution in [0.4, 0.5) is 5.69 Å². The molecule has 1 unspecified atom stereocenters. The molecule has 132 valence electrons. The smallest absolute Gasteiger partial charge is 0.229 e. The van der Waals surface area contributed by atoms with E-state index in [2.05, 4.69) is 5.32 Å². The van der Waals surface area contributed by atoms with Gasteiger partial charge in [0.15, 0.2) is 11.5 Å². The number of benzene rings is 1. The molecule has 24 heavy (non-hydrogen) atoms. The Bertz CT molecular complexity index is 633. The number of alkyl halides is 1. The maximum Gasteiger partial charge on any atom is 0.229 e. The van der Waals surface area contributed by atoms with Crippen molar-refractivity contribution in [2.24, 2.45) is 5.41 Å². The van der Waals surface area contributed by atoms with E-state index in [0.717, 1.165) is 0 Å². The van der Waals surface area contributed by atoms with E-state index in [-0.39, 0.29) is 30.2 Å². The molecule has 1 fully saturated rings. The summed E-state index contributed by atoms with van der Waals surface area (Å²) in [6.07, 6.45) is 0.262. The zero-order valence-corrected chi connectivity index (χ0v) is 15.1. The molecular weight excluding hydrogens is 332 g/mol. The first-order valence-corrected chi connectivity index (χ1v) is 8.25. The van der Waals surface area contributed by atoms with E-state index in [1.165, 1.54) is 0 Å². The number of halogens is 1. The van der Waals surface area contributed by atoms with Crippen molar-refractivity contribution in [2.75, 3.05) is 31.5 Å². The number of hydrogen-bond acceptors (Lipinski definition) is 4. The molecule has 1 aliphatic rings. The topological polar surface area (TPSA) is 67.9 Å². The lowest BCUT2D eigenvalue weighted by molar-refractivity contribution is -0.128. The van der Waals surface area contributed by atoms with Crippen LogP contribution >= 0.6 is 11.6 Å². The highest BCUT2D eigenvalue weighted by Gasteiger charge is 2.35. The summed E-state index contributed by atoms with van der Waals surface area (Å²) in [5.41, 5.74) is 0.0486. The minimum Gasteiger partial charge on any atom is -0.493 e. The highest BCUT2D eigenvalue weighted by atomic mass is 35.5. The number of carbonyl (C=O) groups excluding carboxylic acids is 2. The minimum atomic E-state index is -0.665. The lowest BCUT2D eigenvalue weighted by Crippen LogP contribution is -2.44. The summed E-state index contributed by atoms with van der Waals surface area (Å²) in [6, 6.07) is 5.07. The zero-order valence-electron chi connectivity index (χ0n) is 14.4. The van der Waals surface area contributed by atoms with Gasteiger partial charge in [0.2, 0.25) is 11.8 Å². The van der Waals surface area contributed by atoms with Gasteiger partial charge in [-0.25, -0.2) is 0 Å². The number of methoxy groups -OCH3 is 2. The van der Waals surface area contributed by atoms with Crippen molar-refractivity contribution < 1.29 is 19.1 Å². The SMILES string of the molecule is COc1ccc(N2CC(NC(=O)C(C)(C)CCl)CC2=O)cc1OC. The van der Waals surface area contributed by atoms with Crippen LogP contribution in [0.1, 0.15) is 20.3 Å². The number of carbonyl (C=O) groups is 2. The lowest BCUT2D eigenvalue weighted by atomic mass is 9.95. The molecule has 0 spiro atoms. The Morgan fingerprint density at radius 2 is 2.00 bits per heavy atom. The second-order valence-corrected chi connectivity index (χ2v) is 6.70. The Morgan fingerprint density at radius 1 is 1.33 bits per heavy atom. The van der Waals surface area contributed by atoms with Crippen LogP contribution < -0.4 is 19.7 Å². The van der Waals surface area contributed by atoms with Gasteiger partial charge in [-0.1, -0.05) is 0 Å². The Hall–Kier alpha value is -1.95. The van der Waals surface area contributed by atoms with Crippen molar-refractivity contribution >= 4 is 29.1 Å². The molecule has 2 amide bonds. The fraction of sp³-hybridized carbons (Fsp3) is 0.529. The van der Waals surface area contributed by atoms with Crippen molar-refractivity contribution in [2.45, 2.75) is 26.3 Å². The highest BCUT2D eigenvalue weighted by molar-refractivity contribution is 6.19. The number of nitrogens with zero attached hydrogens (tertiary/aromatic N) is 1. The molecule has 7 heteroatoms. The van der Waals surface area contributed by atoms with Crippen LogP contribution in [-0.4, -0.2) is 44.5 Å². The average molecular weight is 355 g/mol. The number of hydrogen-bond donors (Lipinski definition) is 1. The molecule has 0 bridgehead atoms. The van der Waals surface area contributed by atoms with Crippen LogP contribution in [0.15, 0.2) is 18.2 Å². The number of amides is 2. The molecule has 1 aromatic carbocycles. The van der Waals surface area contributed by atoms with E-state index in [1.807, 2.05) is 0 Å². The van der Waals surface area contributed by atoms with Gasteiger partial charge < -0.3 is 19.7 Å². The summed E-state index contributed by atoms with van der Waals surface area (Å²) in [7, 11) is 3.10. The van der Waals surface area contributed by atoms with E-state index >= 15 is 0 Å². The third kappa shape index (κ3) is 3.75. The third-order valence-electron chi connectivity index (χ3n) is 4.09. The predicted octanol–water partition coefficient (Wildman–Crippen LogP) is 2.19. The van der Waals surface area contributed by atoms with Crippen molar-refractivity contribution in [3.63, 3.8) is 0 Å². The molecule has 1 atom stereocenters. The van der Waals surface area contributed by atoms with Gasteiger partial charge in [0.05, 0.1) is 25.7 Å². The van der Waals surface area contributed by atoms with Crippen molar-refractivity contribution in [1.82, 2.24) is 5.32 Å². The summed E-state index contributed by atoms with van der Waals surface area (Å²) in [5.74, 6) is 1.18. The molecular formula is C17H23ClN2O4. The fourth-order valence-electron chi connectivity index (χ4n) is 2.49. The first-order valence-electron chi connectivity index (χ1n) is 7.71.